The summed E-state index contributed by atoms with van der Waals surface area (Å²) >= 11 is 0. The Labute approximate surface area is 149 Å². The van der Waals surface area contributed by atoms with Crippen molar-refractivity contribution >= 4 is 6.03 Å². The van der Waals surface area contributed by atoms with Gasteiger partial charge in [0.05, 0.1) is 12.2 Å². The standard InChI is InChI=1S/C20H26N4O/c1-23-18-12-13-24(20(25)21-16-10-6-3-7-11-16)14-17(18)19(22-23)15-8-4-2-5-9-15/h2,4-5,8-9,16H,3,6-7,10-14H2,1H3,(H,21,25). The number of benzene rings is 1. The summed E-state index contributed by atoms with van der Waals surface area (Å²) in [6, 6.07) is 10.7. The normalized spacial score (nSPS) is 18.0. The van der Waals surface area contributed by atoms with Crippen LogP contribution in [0.25, 0.3) is 11.3 Å². The van der Waals surface area contributed by atoms with Crippen LogP contribution in [0, 0.1) is 0 Å². The van der Waals surface area contributed by atoms with Gasteiger partial charge in [-0.1, -0.05) is 49.6 Å². The maximum absolute atomic E-state index is 12.7. The van der Waals surface area contributed by atoms with E-state index in [1.165, 1.54) is 30.5 Å². The maximum atomic E-state index is 12.7. The van der Waals surface area contributed by atoms with E-state index in [-0.39, 0.29) is 6.03 Å². The lowest BCUT2D eigenvalue weighted by Crippen LogP contribution is -2.47. The number of urea groups is 1. The van der Waals surface area contributed by atoms with Gasteiger partial charge in [-0.25, -0.2) is 4.79 Å². The summed E-state index contributed by atoms with van der Waals surface area (Å²) in [6.45, 7) is 1.41. The lowest BCUT2D eigenvalue weighted by Gasteiger charge is -2.31. The predicted molar refractivity (Wildman–Crippen MR) is 98.2 cm³/mol. The van der Waals surface area contributed by atoms with Gasteiger partial charge in [-0.05, 0) is 12.8 Å². The highest BCUT2D eigenvalue weighted by Gasteiger charge is 2.28. The van der Waals surface area contributed by atoms with Gasteiger partial charge in [0, 0.05) is 42.9 Å². The smallest absolute Gasteiger partial charge is 0.317 e. The Morgan fingerprint density at radius 2 is 1.92 bits per heavy atom. The van der Waals surface area contributed by atoms with Gasteiger partial charge in [-0.3, -0.25) is 4.68 Å². The van der Waals surface area contributed by atoms with Crippen LogP contribution >= 0.6 is 0 Å². The molecule has 132 valence electrons. The van der Waals surface area contributed by atoms with Crippen LogP contribution in [0.3, 0.4) is 0 Å². The second kappa shape index (κ2) is 6.90. The van der Waals surface area contributed by atoms with E-state index in [0.29, 0.717) is 12.6 Å². The van der Waals surface area contributed by atoms with E-state index in [4.69, 9.17) is 5.10 Å². The van der Waals surface area contributed by atoms with Gasteiger partial charge in [-0.15, -0.1) is 0 Å². The Morgan fingerprint density at radius 1 is 1.16 bits per heavy atom. The molecule has 5 heteroatoms. The van der Waals surface area contributed by atoms with Crippen LogP contribution in [-0.4, -0.2) is 33.3 Å². The van der Waals surface area contributed by atoms with E-state index in [1.807, 2.05) is 34.8 Å². The molecule has 1 aromatic heterocycles. The lowest BCUT2D eigenvalue weighted by molar-refractivity contribution is 0.184. The molecular weight excluding hydrogens is 312 g/mol. The topological polar surface area (TPSA) is 50.2 Å². The van der Waals surface area contributed by atoms with Crippen molar-refractivity contribution in [2.45, 2.75) is 51.1 Å². The Bertz CT molecular complexity index is 747. The molecule has 0 spiro atoms. The molecule has 0 saturated heterocycles. The number of aryl methyl sites for hydroxylation is 1. The van der Waals surface area contributed by atoms with Gasteiger partial charge in [-0.2, -0.15) is 5.10 Å². The highest BCUT2D eigenvalue weighted by atomic mass is 16.2. The van der Waals surface area contributed by atoms with Crippen molar-refractivity contribution in [3.05, 3.63) is 41.6 Å². The van der Waals surface area contributed by atoms with Crippen molar-refractivity contribution in [2.75, 3.05) is 6.54 Å². The fourth-order valence-electron chi connectivity index (χ4n) is 4.11. The van der Waals surface area contributed by atoms with Crippen molar-refractivity contribution in [3.8, 4) is 11.3 Å². The molecule has 2 aromatic rings. The van der Waals surface area contributed by atoms with E-state index in [9.17, 15) is 4.79 Å². The quantitative estimate of drug-likeness (QED) is 0.911. The molecule has 0 atom stereocenters. The van der Waals surface area contributed by atoms with E-state index in [2.05, 4.69) is 17.4 Å². The SMILES string of the molecule is Cn1nc(-c2ccccc2)c2c1CCN(C(=O)NC1CCCCC1)C2. The average Bonchev–Trinajstić information content (AvgIpc) is 2.99. The number of rotatable bonds is 2. The van der Waals surface area contributed by atoms with Crippen LogP contribution in [0.5, 0.6) is 0 Å². The minimum absolute atomic E-state index is 0.0837. The number of amides is 2. The average molecular weight is 338 g/mol. The van der Waals surface area contributed by atoms with Gasteiger partial charge in [0.2, 0.25) is 0 Å². The van der Waals surface area contributed by atoms with Gasteiger partial charge in [0.25, 0.3) is 0 Å². The van der Waals surface area contributed by atoms with Crippen molar-refractivity contribution in [1.82, 2.24) is 20.0 Å². The molecule has 4 rings (SSSR count). The molecule has 1 aliphatic heterocycles. The molecule has 2 heterocycles. The number of fused-ring (bicyclic) bond motifs is 1. The summed E-state index contributed by atoms with van der Waals surface area (Å²) in [7, 11) is 2.00. The predicted octanol–water partition coefficient (Wildman–Crippen LogP) is 3.49. The fraction of sp³-hybridized carbons (Fsp3) is 0.500. The monoisotopic (exact) mass is 338 g/mol. The Hall–Kier alpha value is -2.30. The first-order valence-corrected chi connectivity index (χ1v) is 9.38. The highest BCUT2D eigenvalue weighted by Crippen LogP contribution is 2.29. The molecule has 25 heavy (non-hydrogen) atoms. The molecule has 0 unspecified atom stereocenters. The summed E-state index contributed by atoms with van der Waals surface area (Å²) < 4.78 is 1.98. The zero-order valence-corrected chi connectivity index (χ0v) is 14.9. The summed E-state index contributed by atoms with van der Waals surface area (Å²) in [5.41, 5.74) is 4.57. The molecule has 0 bridgehead atoms. The Kier molecular flexibility index (Phi) is 4.47. The largest absolute Gasteiger partial charge is 0.335 e. The van der Waals surface area contributed by atoms with Gasteiger partial charge < -0.3 is 10.2 Å². The van der Waals surface area contributed by atoms with Crippen LogP contribution in [-0.2, 0) is 20.0 Å². The summed E-state index contributed by atoms with van der Waals surface area (Å²) in [6.07, 6.45) is 6.87. The summed E-state index contributed by atoms with van der Waals surface area (Å²) in [5.74, 6) is 0. The minimum atomic E-state index is 0.0837. The first-order chi connectivity index (χ1) is 12.2. The highest BCUT2D eigenvalue weighted by molar-refractivity contribution is 5.76. The maximum Gasteiger partial charge on any atom is 0.317 e. The molecule has 1 saturated carbocycles. The number of hydrogen-bond acceptors (Lipinski definition) is 2. The second-order valence-electron chi connectivity index (χ2n) is 7.22. The molecular formula is C20H26N4O. The molecule has 1 fully saturated rings. The van der Waals surface area contributed by atoms with Crippen molar-refractivity contribution in [1.29, 1.82) is 0 Å². The first-order valence-electron chi connectivity index (χ1n) is 9.38. The van der Waals surface area contributed by atoms with Crippen molar-refractivity contribution in [2.24, 2.45) is 7.05 Å². The third kappa shape index (κ3) is 3.28. The summed E-state index contributed by atoms with van der Waals surface area (Å²) in [5, 5.41) is 7.98. The third-order valence-corrected chi connectivity index (χ3v) is 5.51. The van der Waals surface area contributed by atoms with E-state index in [1.54, 1.807) is 0 Å². The number of aromatic nitrogens is 2. The van der Waals surface area contributed by atoms with Crippen molar-refractivity contribution in [3.63, 3.8) is 0 Å². The number of carbonyl (C=O) groups excluding carboxylic acids is 1. The van der Waals surface area contributed by atoms with Gasteiger partial charge in [0.15, 0.2) is 0 Å². The zero-order chi connectivity index (χ0) is 17.2. The number of hydrogen-bond donors (Lipinski definition) is 1. The van der Waals surface area contributed by atoms with Gasteiger partial charge in [0.1, 0.15) is 0 Å². The first kappa shape index (κ1) is 16.2. The molecule has 5 nitrogen and oxygen atoms in total. The number of carbonyl (C=O) groups is 1. The molecule has 0 radical (unpaired) electrons. The molecule has 1 aromatic carbocycles. The summed E-state index contributed by atoms with van der Waals surface area (Å²) in [4.78, 5) is 14.7. The van der Waals surface area contributed by atoms with E-state index in [0.717, 1.165) is 37.1 Å². The zero-order valence-electron chi connectivity index (χ0n) is 14.9. The van der Waals surface area contributed by atoms with E-state index < -0.39 is 0 Å². The van der Waals surface area contributed by atoms with Crippen LogP contribution in [0.2, 0.25) is 0 Å². The lowest BCUT2D eigenvalue weighted by atomic mass is 9.95. The minimum Gasteiger partial charge on any atom is -0.335 e. The Morgan fingerprint density at radius 3 is 2.68 bits per heavy atom. The molecule has 2 amide bonds. The second-order valence-corrected chi connectivity index (χ2v) is 7.22. The third-order valence-electron chi connectivity index (χ3n) is 5.51. The molecule has 1 N–H and O–H groups in total. The van der Waals surface area contributed by atoms with E-state index >= 15 is 0 Å². The number of nitrogens with one attached hydrogen (secondary N) is 1. The van der Waals surface area contributed by atoms with Crippen molar-refractivity contribution < 1.29 is 4.79 Å². The number of nitrogens with zero attached hydrogens (tertiary/aromatic N) is 3. The van der Waals surface area contributed by atoms with Crippen LogP contribution in [0.4, 0.5) is 4.79 Å². The van der Waals surface area contributed by atoms with Crippen LogP contribution in [0.1, 0.15) is 43.4 Å². The fourth-order valence-corrected chi connectivity index (χ4v) is 4.11. The van der Waals surface area contributed by atoms with Crippen LogP contribution in [0.15, 0.2) is 30.3 Å². The molecule has 1 aliphatic carbocycles. The van der Waals surface area contributed by atoms with Crippen LogP contribution < -0.4 is 5.32 Å². The van der Waals surface area contributed by atoms with Gasteiger partial charge >= 0.3 is 6.03 Å². The molecule has 2 aliphatic rings. The Balaban J connectivity index is 1.53.